The fourth-order valence-corrected chi connectivity index (χ4v) is 4.34. The average Bonchev–Trinajstić information content (AvgIpc) is 3.16. The van der Waals surface area contributed by atoms with E-state index in [9.17, 15) is 4.79 Å². The number of hydrogen-bond acceptors (Lipinski definition) is 4. The predicted molar refractivity (Wildman–Crippen MR) is 111 cm³/mol. The van der Waals surface area contributed by atoms with Gasteiger partial charge in [0.25, 0.3) is 0 Å². The highest BCUT2D eigenvalue weighted by atomic mass is 16.5. The summed E-state index contributed by atoms with van der Waals surface area (Å²) in [6.45, 7) is 6.36. The molecule has 0 saturated carbocycles. The van der Waals surface area contributed by atoms with Crippen LogP contribution in [-0.4, -0.2) is 61.1 Å². The summed E-state index contributed by atoms with van der Waals surface area (Å²) in [6, 6.07) is 16.6. The molecule has 0 atom stereocenters. The van der Waals surface area contributed by atoms with Gasteiger partial charge in [0.15, 0.2) is 0 Å². The smallest absolute Gasteiger partial charge is 0.248 e. The third-order valence-corrected chi connectivity index (χ3v) is 5.98. The van der Waals surface area contributed by atoms with Gasteiger partial charge in [-0.1, -0.05) is 24.3 Å². The molecular weight excluding hydrogens is 350 g/mol. The lowest BCUT2D eigenvalue weighted by atomic mass is 10.1. The van der Waals surface area contributed by atoms with Gasteiger partial charge in [-0.3, -0.25) is 9.69 Å². The van der Waals surface area contributed by atoms with Gasteiger partial charge < -0.3 is 15.4 Å². The van der Waals surface area contributed by atoms with E-state index in [1.165, 1.54) is 24.0 Å². The van der Waals surface area contributed by atoms with E-state index in [2.05, 4.69) is 34.1 Å². The van der Waals surface area contributed by atoms with Crippen molar-refractivity contribution in [3.63, 3.8) is 0 Å². The molecule has 0 aromatic heterocycles. The van der Waals surface area contributed by atoms with Crippen LogP contribution in [0.15, 0.2) is 48.5 Å². The summed E-state index contributed by atoms with van der Waals surface area (Å²) in [7, 11) is 0. The van der Waals surface area contributed by atoms with E-state index in [1.807, 2.05) is 0 Å². The molecule has 1 saturated heterocycles. The first-order valence-electron chi connectivity index (χ1n) is 10.2. The summed E-state index contributed by atoms with van der Waals surface area (Å²) >= 11 is 0. The van der Waals surface area contributed by atoms with Crippen LogP contribution in [0.5, 0.6) is 5.75 Å². The number of nitrogens with zero attached hydrogens (tertiary/aromatic N) is 2. The molecule has 5 heteroatoms. The number of rotatable bonds is 7. The fourth-order valence-electron chi connectivity index (χ4n) is 4.34. The zero-order chi connectivity index (χ0) is 19.3. The Hall–Kier alpha value is -2.37. The third-order valence-electron chi connectivity index (χ3n) is 5.98. The maximum Gasteiger partial charge on any atom is 0.248 e. The van der Waals surface area contributed by atoms with Gasteiger partial charge in [0, 0.05) is 44.3 Å². The van der Waals surface area contributed by atoms with Crippen molar-refractivity contribution >= 4 is 5.91 Å². The molecule has 0 radical (unpaired) electrons. The van der Waals surface area contributed by atoms with Gasteiger partial charge in [-0.15, -0.1) is 0 Å². The Morgan fingerprint density at radius 1 is 0.964 bits per heavy atom. The van der Waals surface area contributed by atoms with Gasteiger partial charge in [0.05, 0.1) is 6.61 Å². The normalized spacial score (nSPS) is 18.1. The Bertz CT molecular complexity index is 773. The molecule has 0 unspecified atom stereocenters. The number of carbonyl (C=O) groups excluding carboxylic acids is 1. The minimum Gasteiger partial charge on any atom is -0.494 e. The molecule has 0 bridgehead atoms. The molecule has 5 nitrogen and oxygen atoms in total. The van der Waals surface area contributed by atoms with Crippen LogP contribution in [0.1, 0.15) is 27.9 Å². The summed E-state index contributed by atoms with van der Waals surface area (Å²) in [6.07, 6.45) is 3.42. The van der Waals surface area contributed by atoms with Crippen molar-refractivity contribution in [3.8, 4) is 5.75 Å². The first-order valence-corrected chi connectivity index (χ1v) is 10.2. The fraction of sp³-hybridized carbons (Fsp3) is 0.435. The van der Waals surface area contributed by atoms with E-state index < -0.39 is 5.91 Å². The highest BCUT2D eigenvalue weighted by Crippen LogP contribution is 2.26. The molecule has 1 amide bonds. The summed E-state index contributed by atoms with van der Waals surface area (Å²) in [4.78, 5) is 16.3. The van der Waals surface area contributed by atoms with Gasteiger partial charge in [0.2, 0.25) is 5.91 Å². The second kappa shape index (κ2) is 8.76. The minimum absolute atomic E-state index is 0.410. The number of benzene rings is 2. The van der Waals surface area contributed by atoms with Crippen LogP contribution in [0, 0.1) is 0 Å². The number of amides is 1. The first-order chi connectivity index (χ1) is 13.7. The van der Waals surface area contributed by atoms with Gasteiger partial charge in [-0.2, -0.15) is 0 Å². The van der Waals surface area contributed by atoms with Crippen molar-refractivity contribution in [2.45, 2.75) is 25.3 Å². The largest absolute Gasteiger partial charge is 0.494 e. The monoisotopic (exact) mass is 379 g/mol. The maximum atomic E-state index is 11.1. The molecule has 2 aromatic carbocycles. The van der Waals surface area contributed by atoms with Gasteiger partial charge in [0.1, 0.15) is 5.75 Å². The third kappa shape index (κ3) is 4.54. The summed E-state index contributed by atoms with van der Waals surface area (Å²) in [5.74, 6) is 0.378. The molecule has 1 aliphatic heterocycles. The van der Waals surface area contributed by atoms with Crippen LogP contribution in [-0.2, 0) is 12.8 Å². The van der Waals surface area contributed by atoms with Crippen molar-refractivity contribution in [3.05, 3.63) is 65.2 Å². The Morgan fingerprint density at radius 2 is 1.61 bits per heavy atom. The Kier molecular flexibility index (Phi) is 5.93. The van der Waals surface area contributed by atoms with Crippen molar-refractivity contribution in [2.75, 3.05) is 39.3 Å². The molecule has 1 fully saturated rings. The molecule has 4 rings (SSSR count). The Balaban J connectivity index is 1.14. The highest BCUT2D eigenvalue weighted by molar-refractivity contribution is 5.92. The predicted octanol–water partition coefficient (Wildman–Crippen LogP) is 2.34. The van der Waals surface area contributed by atoms with E-state index in [4.69, 9.17) is 10.5 Å². The lowest BCUT2D eigenvalue weighted by molar-refractivity contribution is 0.0953. The first kappa shape index (κ1) is 19.0. The number of piperazine rings is 1. The maximum absolute atomic E-state index is 11.1. The van der Waals surface area contributed by atoms with Gasteiger partial charge in [-0.05, 0) is 54.7 Å². The number of fused-ring (bicyclic) bond motifs is 1. The van der Waals surface area contributed by atoms with Gasteiger partial charge in [-0.25, -0.2) is 0 Å². The second-order valence-electron chi connectivity index (χ2n) is 7.80. The van der Waals surface area contributed by atoms with Crippen molar-refractivity contribution in [2.24, 2.45) is 5.73 Å². The summed E-state index contributed by atoms with van der Waals surface area (Å²) in [5.41, 5.74) is 8.84. The lowest BCUT2D eigenvalue weighted by Crippen LogP contribution is -2.50. The minimum atomic E-state index is -0.410. The number of carbonyl (C=O) groups is 1. The Labute approximate surface area is 167 Å². The van der Waals surface area contributed by atoms with Crippen molar-refractivity contribution in [1.82, 2.24) is 9.80 Å². The number of ether oxygens (including phenoxy) is 1. The van der Waals surface area contributed by atoms with Gasteiger partial charge >= 0.3 is 0 Å². The zero-order valence-electron chi connectivity index (χ0n) is 16.3. The quantitative estimate of drug-likeness (QED) is 0.750. The standard InChI is InChI=1S/C23H29N3O2/c24-23(27)18-6-8-22(9-7-18)28-15-3-10-25-11-13-26(14-12-25)21-16-19-4-1-2-5-20(19)17-21/h1-2,4-9,21H,3,10-17H2,(H2,24,27). The van der Waals surface area contributed by atoms with E-state index in [0.717, 1.165) is 44.9 Å². The van der Waals surface area contributed by atoms with E-state index in [1.54, 1.807) is 24.3 Å². The van der Waals surface area contributed by atoms with E-state index >= 15 is 0 Å². The summed E-state index contributed by atoms with van der Waals surface area (Å²) in [5, 5.41) is 0. The molecule has 1 heterocycles. The second-order valence-corrected chi connectivity index (χ2v) is 7.80. The van der Waals surface area contributed by atoms with Crippen LogP contribution >= 0.6 is 0 Å². The number of nitrogens with two attached hydrogens (primary N) is 1. The Morgan fingerprint density at radius 3 is 2.21 bits per heavy atom. The average molecular weight is 380 g/mol. The lowest BCUT2D eigenvalue weighted by Gasteiger charge is -2.38. The van der Waals surface area contributed by atoms with Crippen molar-refractivity contribution in [1.29, 1.82) is 0 Å². The molecule has 28 heavy (non-hydrogen) atoms. The summed E-state index contributed by atoms with van der Waals surface area (Å²) < 4.78 is 5.78. The van der Waals surface area contributed by atoms with Crippen molar-refractivity contribution < 1.29 is 9.53 Å². The van der Waals surface area contributed by atoms with Crippen LogP contribution < -0.4 is 10.5 Å². The van der Waals surface area contributed by atoms with E-state index in [0.29, 0.717) is 18.2 Å². The van der Waals surface area contributed by atoms with Crippen LogP contribution in [0.4, 0.5) is 0 Å². The van der Waals surface area contributed by atoms with Crippen LogP contribution in [0.2, 0.25) is 0 Å². The number of hydrogen-bond donors (Lipinski definition) is 1. The SMILES string of the molecule is NC(=O)c1ccc(OCCCN2CCN(C3Cc4ccccc4C3)CC2)cc1. The molecule has 2 aromatic rings. The number of primary amides is 1. The molecule has 1 aliphatic carbocycles. The zero-order valence-corrected chi connectivity index (χ0v) is 16.3. The highest BCUT2D eigenvalue weighted by Gasteiger charge is 2.28. The molecule has 0 spiro atoms. The molecule has 148 valence electrons. The van der Waals surface area contributed by atoms with E-state index in [-0.39, 0.29) is 0 Å². The molecule has 2 aliphatic rings. The molecule has 2 N–H and O–H groups in total. The van der Waals surface area contributed by atoms with Crippen LogP contribution in [0.25, 0.3) is 0 Å². The van der Waals surface area contributed by atoms with Crippen LogP contribution in [0.3, 0.4) is 0 Å². The topological polar surface area (TPSA) is 58.8 Å². The molecular formula is C23H29N3O2.